The lowest BCUT2D eigenvalue weighted by Gasteiger charge is -2.26. The summed E-state index contributed by atoms with van der Waals surface area (Å²) in [6, 6.07) is 34.8. The quantitative estimate of drug-likeness (QED) is 0.290. The van der Waals surface area contributed by atoms with E-state index < -0.39 is 0 Å². The lowest BCUT2D eigenvalue weighted by molar-refractivity contribution is 0.921. The molecular weight excluding hydrogens is 388 g/mol. The Kier molecular flexibility index (Phi) is 6.91. The number of benzene rings is 4. The molecule has 0 radical (unpaired) electrons. The second-order valence-corrected chi connectivity index (χ2v) is 8.34. The summed E-state index contributed by atoms with van der Waals surface area (Å²) in [5.41, 5.74) is 15.3. The van der Waals surface area contributed by atoms with E-state index >= 15 is 0 Å². The molecule has 4 aromatic carbocycles. The Hall–Kier alpha value is -3.52. The maximum absolute atomic E-state index is 5.85. The largest absolute Gasteiger partial charge is 0.399 e. The van der Waals surface area contributed by atoms with E-state index in [2.05, 4.69) is 104 Å². The second kappa shape index (κ2) is 10.2. The zero-order valence-corrected chi connectivity index (χ0v) is 19.1. The van der Waals surface area contributed by atoms with Crippen molar-refractivity contribution in [1.82, 2.24) is 0 Å². The molecule has 0 saturated carbocycles. The number of aryl methyl sites for hydroxylation is 2. The number of anilines is 4. The van der Waals surface area contributed by atoms with Crippen molar-refractivity contribution in [3.8, 4) is 11.1 Å². The maximum atomic E-state index is 5.85. The fraction of sp³-hybridized carbons (Fsp3) is 0.200. The molecule has 0 fully saturated rings. The summed E-state index contributed by atoms with van der Waals surface area (Å²) >= 11 is 0. The lowest BCUT2D eigenvalue weighted by Crippen LogP contribution is -2.10. The minimum absolute atomic E-state index is 0.787. The Balaban J connectivity index is 1.70. The van der Waals surface area contributed by atoms with E-state index in [1.165, 1.54) is 33.6 Å². The smallest absolute Gasteiger partial charge is 0.0462 e. The van der Waals surface area contributed by atoms with Crippen molar-refractivity contribution >= 4 is 22.7 Å². The summed E-state index contributed by atoms with van der Waals surface area (Å²) in [5.74, 6) is 0. The van der Waals surface area contributed by atoms with Crippen molar-refractivity contribution in [3.63, 3.8) is 0 Å². The van der Waals surface area contributed by atoms with Gasteiger partial charge in [-0.15, -0.1) is 0 Å². The second-order valence-electron chi connectivity index (χ2n) is 8.34. The normalized spacial score (nSPS) is 10.8. The van der Waals surface area contributed by atoms with Gasteiger partial charge in [-0.2, -0.15) is 0 Å². The van der Waals surface area contributed by atoms with E-state index in [-0.39, 0.29) is 0 Å². The summed E-state index contributed by atoms with van der Waals surface area (Å²) in [6.45, 7) is 4.45. The average molecular weight is 421 g/mol. The molecule has 0 aromatic heterocycles. The molecule has 0 aliphatic heterocycles. The first kappa shape index (κ1) is 21.7. The van der Waals surface area contributed by atoms with Gasteiger partial charge < -0.3 is 10.6 Å². The molecule has 2 heteroatoms. The Labute approximate surface area is 192 Å². The molecule has 0 unspecified atom stereocenters. The van der Waals surface area contributed by atoms with Crippen LogP contribution in [0.15, 0.2) is 97.1 Å². The number of hydrogen-bond acceptors (Lipinski definition) is 2. The summed E-state index contributed by atoms with van der Waals surface area (Å²) in [5, 5.41) is 0. The zero-order valence-electron chi connectivity index (χ0n) is 19.1. The molecule has 0 saturated heterocycles. The molecule has 0 aliphatic rings. The molecule has 0 amide bonds. The number of rotatable bonds is 8. The van der Waals surface area contributed by atoms with Gasteiger partial charge in [0.25, 0.3) is 0 Å². The molecule has 0 bridgehead atoms. The Morgan fingerprint density at radius 2 is 0.844 bits per heavy atom. The Morgan fingerprint density at radius 3 is 1.22 bits per heavy atom. The van der Waals surface area contributed by atoms with E-state index in [1.54, 1.807) is 0 Å². The zero-order chi connectivity index (χ0) is 22.3. The number of nitrogen functional groups attached to an aromatic ring is 1. The van der Waals surface area contributed by atoms with Gasteiger partial charge in [0, 0.05) is 22.7 Å². The van der Waals surface area contributed by atoms with E-state index in [1.807, 2.05) is 12.1 Å². The first-order chi connectivity index (χ1) is 15.7. The van der Waals surface area contributed by atoms with Crippen molar-refractivity contribution in [2.45, 2.75) is 39.5 Å². The SMILES string of the molecule is CCCc1ccc(N(c2ccc(CCC)cc2)c2ccc(-c3ccc(N)cc3)cc2)cc1. The number of nitrogens with two attached hydrogens (primary N) is 1. The predicted molar refractivity (Wildman–Crippen MR) is 139 cm³/mol. The Bertz CT molecular complexity index is 1060. The molecule has 0 atom stereocenters. The van der Waals surface area contributed by atoms with Crippen molar-refractivity contribution in [2.75, 3.05) is 10.6 Å². The number of hydrogen-bond donors (Lipinski definition) is 1. The van der Waals surface area contributed by atoms with Gasteiger partial charge >= 0.3 is 0 Å². The van der Waals surface area contributed by atoms with Crippen LogP contribution in [-0.4, -0.2) is 0 Å². The highest BCUT2D eigenvalue weighted by molar-refractivity contribution is 5.78. The van der Waals surface area contributed by atoms with Gasteiger partial charge in [0.05, 0.1) is 0 Å². The third kappa shape index (κ3) is 5.03. The molecule has 4 rings (SSSR count). The van der Waals surface area contributed by atoms with Gasteiger partial charge in [-0.25, -0.2) is 0 Å². The van der Waals surface area contributed by atoms with Crippen molar-refractivity contribution in [2.24, 2.45) is 0 Å². The summed E-state index contributed by atoms with van der Waals surface area (Å²) in [4.78, 5) is 2.33. The van der Waals surface area contributed by atoms with Crippen LogP contribution in [0.3, 0.4) is 0 Å². The van der Waals surface area contributed by atoms with Gasteiger partial charge in [0.15, 0.2) is 0 Å². The van der Waals surface area contributed by atoms with Gasteiger partial charge in [0.1, 0.15) is 0 Å². The van der Waals surface area contributed by atoms with Gasteiger partial charge in [-0.05, 0) is 83.6 Å². The molecule has 162 valence electrons. The third-order valence-electron chi connectivity index (χ3n) is 5.84. The van der Waals surface area contributed by atoms with E-state index in [9.17, 15) is 0 Å². The fourth-order valence-electron chi connectivity index (χ4n) is 4.13. The summed E-state index contributed by atoms with van der Waals surface area (Å²) < 4.78 is 0. The van der Waals surface area contributed by atoms with Gasteiger partial charge in [0.2, 0.25) is 0 Å². The monoisotopic (exact) mass is 420 g/mol. The number of nitrogens with zero attached hydrogens (tertiary/aromatic N) is 1. The maximum Gasteiger partial charge on any atom is 0.0462 e. The molecule has 4 aromatic rings. The van der Waals surface area contributed by atoms with Crippen LogP contribution in [0.4, 0.5) is 22.7 Å². The van der Waals surface area contributed by atoms with Crippen molar-refractivity contribution < 1.29 is 0 Å². The molecule has 32 heavy (non-hydrogen) atoms. The lowest BCUT2D eigenvalue weighted by atomic mass is 10.0. The van der Waals surface area contributed by atoms with Crippen LogP contribution in [0.5, 0.6) is 0 Å². The van der Waals surface area contributed by atoms with Crippen LogP contribution in [0.2, 0.25) is 0 Å². The summed E-state index contributed by atoms with van der Waals surface area (Å²) in [7, 11) is 0. The van der Waals surface area contributed by atoms with Crippen molar-refractivity contribution in [3.05, 3.63) is 108 Å². The van der Waals surface area contributed by atoms with Crippen LogP contribution in [0, 0.1) is 0 Å². The van der Waals surface area contributed by atoms with Crippen LogP contribution in [0.1, 0.15) is 37.8 Å². The minimum Gasteiger partial charge on any atom is -0.399 e. The minimum atomic E-state index is 0.787. The standard InChI is InChI=1S/C30H32N2/c1-3-5-23-7-17-28(18-8-23)32(29-19-9-24(6-4-2)10-20-29)30-21-13-26(14-22-30)25-11-15-27(31)16-12-25/h7-22H,3-6,31H2,1-2H3. The van der Waals surface area contributed by atoms with Gasteiger partial charge in [-0.3, -0.25) is 0 Å². The highest BCUT2D eigenvalue weighted by Gasteiger charge is 2.13. The van der Waals surface area contributed by atoms with E-state index in [0.717, 1.165) is 37.1 Å². The third-order valence-corrected chi connectivity index (χ3v) is 5.84. The first-order valence-corrected chi connectivity index (χ1v) is 11.6. The first-order valence-electron chi connectivity index (χ1n) is 11.6. The van der Waals surface area contributed by atoms with Crippen molar-refractivity contribution in [1.29, 1.82) is 0 Å². The molecule has 2 N–H and O–H groups in total. The highest BCUT2D eigenvalue weighted by Crippen LogP contribution is 2.36. The van der Waals surface area contributed by atoms with Crippen LogP contribution in [-0.2, 0) is 12.8 Å². The fourth-order valence-corrected chi connectivity index (χ4v) is 4.13. The molecular formula is C30H32N2. The molecule has 2 nitrogen and oxygen atoms in total. The van der Waals surface area contributed by atoms with Crippen LogP contribution in [0.25, 0.3) is 11.1 Å². The molecule has 0 heterocycles. The topological polar surface area (TPSA) is 29.3 Å². The van der Waals surface area contributed by atoms with Crippen LogP contribution < -0.4 is 10.6 Å². The van der Waals surface area contributed by atoms with Gasteiger partial charge in [-0.1, -0.05) is 75.2 Å². The Morgan fingerprint density at radius 1 is 0.500 bits per heavy atom. The molecule has 0 spiro atoms. The predicted octanol–water partition coefficient (Wildman–Crippen LogP) is 8.31. The van der Waals surface area contributed by atoms with Crippen LogP contribution >= 0.6 is 0 Å². The van der Waals surface area contributed by atoms with E-state index in [4.69, 9.17) is 5.73 Å². The van der Waals surface area contributed by atoms with E-state index in [0.29, 0.717) is 0 Å². The average Bonchev–Trinajstić information content (AvgIpc) is 2.83. The molecule has 0 aliphatic carbocycles. The summed E-state index contributed by atoms with van der Waals surface area (Å²) in [6.07, 6.45) is 4.55. The highest BCUT2D eigenvalue weighted by atomic mass is 15.1.